The van der Waals surface area contributed by atoms with E-state index in [1.165, 1.54) is 4.68 Å². The van der Waals surface area contributed by atoms with Crippen molar-refractivity contribution >= 4 is 27.0 Å². The van der Waals surface area contributed by atoms with Gasteiger partial charge in [0.2, 0.25) is 0 Å². The predicted octanol–water partition coefficient (Wildman–Crippen LogP) is 8.06. The second kappa shape index (κ2) is 9.43. The van der Waals surface area contributed by atoms with E-state index in [-0.39, 0.29) is 22.4 Å². The van der Waals surface area contributed by atoms with Gasteiger partial charge in [-0.05, 0) is 74.0 Å². The minimum absolute atomic E-state index is 0.00715. The molecule has 5 aromatic rings. The third-order valence-corrected chi connectivity index (χ3v) is 6.36. The van der Waals surface area contributed by atoms with Gasteiger partial charge in [0.1, 0.15) is 12.4 Å². The van der Waals surface area contributed by atoms with E-state index in [9.17, 15) is 13.2 Å². The molecule has 3 aromatic carbocycles. The Hall–Kier alpha value is -3.65. The Morgan fingerprint density at radius 2 is 1.64 bits per heavy atom. The predicted molar refractivity (Wildman–Crippen MR) is 137 cm³/mol. The van der Waals surface area contributed by atoms with Crippen molar-refractivity contribution in [3.8, 4) is 22.7 Å². The first kappa shape index (κ1) is 24.1. The van der Waals surface area contributed by atoms with Crippen molar-refractivity contribution in [2.45, 2.75) is 26.6 Å². The van der Waals surface area contributed by atoms with Gasteiger partial charge in [-0.15, -0.1) is 0 Å². The molecule has 0 aliphatic rings. The van der Waals surface area contributed by atoms with E-state index in [4.69, 9.17) is 4.74 Å². The molecule has 36 heavy (non-hydrogen) atoms. The topological polar surface area (TPSA) is 39.9 Å². The summed E-state index contributed by atoms with van der Waals surface area (Å²) in [5, 5.41) is 4.38. The first-order valence-electron chi connectivity index (χ1n) is 11.2. The van der Waals surface area contributed by atoms with Gasteiger partial charge in [0, 0.05) is 10.0 Å². The van der Waals surface area contributed by atoms with E-state index in [0.29, 0.717) is 23.6 Å². The average Bonchev–Trinajstić information content (AvgIpc) is 3.19. The van der Waals surface area contributed by atoms with Crippen molar-refractivity contribution in [1.82, 2.24) is 14.8 Å². The molecular weight excluding hydrogens is 531 g/mol. The molecule has 0 atom stereocenters. The maximum absolute atomic E-state index is 14.1. The number of ether oxygens (including phenoxy) is 1. The molecule has 0 bridgehead atoms. The fraction of sp³-hybridized carbons (Fsp3) is 0.143. The normalized spacial score (nSPS) is 11.7. The number of rotatable bonds is 5. The Bertz CT molecular complexity index is 1540. The van der Waals surface area contributed by atoms with Crippen molar-refractivity contribution in [1.29, 1.82) is 0 Å². The number of alkyl halides is 3. The minimum atomic E-state index is -4.56. The Labute approximate surface area is 214 Å². The van der Waals surface area contributed by atoms with E-state index < -0.39 is 11.7 Å². The molecule has 5 rings (SSSR count). The van der Waals surface area contributed by atoms with Crippen LogP contribution in [0.2, 0.25) is 0 Å². The van der Waals surface area contributed by atoms with E-state index in [0.717, 1.165) is 21.7 Å². The Morgan fingerprint density at radius 3 is 2.31 bits per heavy atom. The van der Waals surface area contributed by atoms with Crippen molar-refractivity contribution in [3.05, 3.63) is 106 Å². The lowest BCUT2D eigenvalue weighted by Crippen LogP contribution is -2.08. The van der Waals surface area contributed by atoms with Crippen LogP contribution in [0, 0.1) is 13.8 Å². The van der Waals surface area contributed by atoms with Crippen molar-refractivity contribution in [3.63, 3.8) is 0 Å². The molecule has 8 heteroatoms. The summed E-state index contributed by atoms with van der Waals surface area (Å²) in [5.41, 5.74) is 3.21. The number of halogens is 4. The van der Waals surface area contributed by atoms with E-state index >= 15 is 0 Å². The van der Waals surface area contributed by atoms with Crippen molar-refractivity contribution in [2.75, 3.05) is 0 Å². The Kier molecular flexibility index (Phi) is 6.30. The molecule has 0 amide bonds. The molecule has 0 spiro atoms. The van der Waals surface area contributed by atoms with Crippen LogP contribution in [0.3, 0.4) is 0 Å². The van der Waals surface area contributed by atoms with Gasteiger partial charge in [-0.25, -0.2) is 9.67 Å². The van der Waals surface area contributed by atoms with E-state index in [1.54, 1.807) is 43.3 Å². The van der Waals surface area contributed by atoms with Crippen LogP contribution in [0.1, 0.15) is 22.4 Å². The van der Waals surface area contributed by atoms with E-state index in [2.05, 4.69) is 26.0 Å². The standard InChI is InChI=1S/C28H21BrF3N3O/c1-17-4-3-5-19(14-17)16-36-23-12-6-20(7-13-23)25-15-24(28(30,31)32)26-18(2)34-35(27(26)33-25)22-10-8-21(29)9-11-22/h3-15H,16H2,1-2H3. The molecule has 0 saturated heterocycles. The fourth-order valence-electron chi connectivity index (χ4n) is 4.11. The molecule has 2 aromatic heterocycles. The number of pyridine rings is 1. The summed E-state index contributed by atoms with van der Waals surface area (Å²) in [6, 6.07) is 23.2. The molecule has 0 radical (unpaired) electrons. The summed E-state index contributed by atoms with van der Waals surface area (Å²) in [6.07, 6.45) is -4.56. The van der Waals surface area contributed by atoms with Gasteiger partial charge in [0.05, 0.1) is 28.0 Å². The van der Waals surface area contributed by atoms with Crippen LogP contribution in [0.25, 0.3) is 28.0 Å². The lowest BCUT2D eigenvalue weighted by molar-refractivity contribution is -0.136. The van der Waals surface area contributed by atoms with Crippen molar-refractivity contribution < 1.29 is 17.9 Å². The summed E-state index contributed by atoms with van der Waals surface area (Å²) in [6.45, 7) is 3.98. The maximum atomic E-state index is 14.1. The van der Waals surface area contributed by atoms with Gasteiger partial charge in [-0.2, -0.15) is 18.3 Å². The number of hydrogen-bond donors (Lipinski definition) is 0. The second-order valence-electron chi connectivity index (χ2n) is 8.53. The number of nitrogens with zero attached hydrogens (tertiary/aromatic N) is 3. The van der Waals surface area contributed by atoms with Crippen LogP contribution in [0.4, 0.5) is 13.2 Å². The van der Waals surface area contributed by atoms with Gasteiger partial charge in [-0.3, -0.25) is 0 Å². The van der Waals surface area contributed by atoms with Crippen LogP contribution >= 0.6 is 15.9 Å². The zero-order chi connectivity index (χ0) is 25.4. The maximum Gasteiger partial charge on any atom is 0.417 e. The van der Waals surface area contributed by atoms with Crippen LogP contribution in [-0.4, -0.2) is 14.8 Å². The number of hydrogen-bond acceptors (Lipinski definition) is 3. The largest absolute Gasteiger partial charge is 0.489 e. The SMILES string of the molecule is Cc1cccc(COc2ccc(-c3cc(C(F)(F)F)c4c(C)nn(-c5ccc(Br)cc5)c4n3)cc2)c1. The van der Waals surface area contributed by atoms with Crippen molar-refractivity contribution in [2.24, 2.45) is 0 Å². The van der Waals surface area contributed by atoms with Gasteiger partial charge < -0.3 is 4.74 Å². The number of aryl methyl sites for hydroxylation is 2. The summed E-state index contributed by atoms with van der Waals surface area (Å²) >= 11 is 3.38. The highest BCUT2D eigenvalue weighted by Crippen LogP contribution is 2.39. The third kappa shape index (κ3) is 4.86. The lowest BCUT2D eigenvalue weighted by Gasteiger charge is -2.12. The zero-order valence-corrected chi connectivity index (χ0v) is 21.1. The van der Waals surface area contributed by atoms with Gasteiger partial charge in [-0.1, -0.05) is 45.8 Å². The molecule has 4 nitrogen and oxygen atoms in total. The highest BCUT2D eigenvalue weighted by atomic mass is 79.9. The highest BCUT2D eigenvalue weighted by molar-refractivity contribution is 9.10. The second-order valence-corrected chi connectivity index (χ2v) is 9.44. The van der Waals surface area contributed by atoms with Gasteiger partial charge in [0.25, 0.3) is 0 Å². The Morgan fingerprint density at radius 1 is 0.917 bits per heavy atom. The van der Waals surface area contributed by atoms with Crippen LogP contribution in [0.5, 0.6) is 5.75 Å². The highest BCUT2D eigenvalue weighted by Gasteiger charge is 2.35. The molecule has 0 N–H and O–H groups in total. The monoisotopic (exact) mass is 551 g/mol. The molecule has 0 aliphatic heterocycles. The quantitative estimate of drug-likeness (QED) is 0.222. The summed E-state index contributed by atoms with van der Waals surface area (Å²) in [7, 11) is 0. The molecule has 0 fully saturated rings. The molecule has 0 unspecified atom stereocenters. The van der Waals surface area contributed by atoms with Crippen LogP contribution in [-0.2, 0) is 12.8 Å². The molecule has 2 heterocycles. The van der Waals surface area contributed by atoms with Crippen LogP contribution < -0.4 is 4.74 Å². The summed E-state index contributed by atoms with van der Waals surface area (Å²) < 4.78 is 50.5. The summed E-state index contributed by atoms with van der Waals surface area (Å²) in [5.74, 6) is 0.619. The lowest BCUT2D eigenvalue weighted by atomic mass is 10.0. The molecular formula is C28H21BrF3N3O. The number of benzene rings is 3. The fourth-order valence-corrected chi connectivity index (χ4v) is 4.38. The minimum Gasteiger partial charge on any atom is -0.489 e. The summed E-state index contributed by atoms with van der Waals surface area (Å²) in [4.78, 5) is 4.62. The molecule has 0 aliphatic carbocycles. The number of fused-ring (bicyclic) bond motifs is 1. The van der Waals surface area contributed by atoms with E-state index in [1.807, 2.05) is 43.3 Å². The zero-order valence-electron chi connectivity index (χ0n) is 19.5. The first-order chi connectivity index (χ1) is 17.2. The Balaban J connectivity index is 1.54. The van der Waals surface area contributed by atoms with Crippen LogP contribution in [0.15, 0.2) is 83.3 Å². The number of aromatic nitrogens is 3. The smallest absolute Gasteiger partial charge is 0.417 e. The molecule has 0 saturated carbocycles. The van der Waals surface area contributed by atoms with Gasteiger partial charge in [0.15, 0.2) is 5.65 Å². The molecule has 182 valence electrons. The third-order valence-electron chi connectivity index (χ3n) is 5.83. The average molecular weight is 552 g/mol. The first-order valence-corrected chi connectivity index (χ1v) is 12.0. The van der Waals surface area contributed by atoms with Gasteiger partial charge >= 0.3 is 6.18 Å².